The first-order valence-electron chi connectivity index (χ1n) is 9.22. The van der Waals surface area contributed by atoms with E-state index in [1.54, 1.807) is 12.1 Å². The number of fused-ring (bicyclic) bond motifs is 1. The summed E-state index contributed by atoms with van der Waals surface area (Å²) in [7, 11) is 0. The van der Waals surface area contributed by atoms with E-state index < -0.39 is 0 Å². The molecule has 132 valence electrons. The molecule has 5 heteroatoms. The maximum Gasteiger partial charge on any atom is 0.223 e. The number of aromatic nitrogens is 1. The second kappa shape index (κ2) is 6.98. The predicted octanol–water partition coefficient (Wildman–Crippen LogP) is 4.34. The van der Waals surface area contributed by atoms with Crippen molar-refractivity contribution in [2.75, 3.05) is 6.54 Å². The van der Waals surface area contributed by atoms with E-state index in [0.29, 0.717) is 31.2 Å². The Bertz CT molecular complexity index is 748. The molecule has 0 unspecified atom stereocenters. The lowest BCUT2D eigenvalue weighted by Gasteiger charge is -2.29. The smallest absolute Gasteiger partial charge is 0.223 e. The van der Waals surface area contributed by atoms with Gasteiger partial charge in [0.25, 0.3) is 0 Å². The Balaban J connectivity index is 1.45. The topological polar surface area (TPSA) is 46.3 Å². The van der Waals surface area contributed by atoms with Gasteiger partial charge in [0, 0.05) is 24.1 Å². The average molecular weight is 342 g/mol. The van der Waals surface area contributed by atoms with Crippen LogP contribution in [0.1, 0.15) is 49.8 Å². The highest BCUT2D eigenvalue weighted by atomic mass is 19.1. The molecule has 1 aliphatic carbocycles. The Kier molecular flexibility index (Phi) is 4.55. The maximum atomic E-state index is 13.1. The minimum absolute atomic E-state index is 0.240. The molecule has 0 spiro atoms. The summed E-state index contributed by atoms with van der Waals surface area (Å²) >= 11 is 0. The zero-order valence-corrected chi connectivity index (χ0v) is 14.3. The number of carbonyl (C=O) groups excluding carboxylic acids is 1. The lowest BCUT2D eigenvalue weighted by Crippen LogP contribution is -2.37. The Hall–Kier alpha value is -2.17. The largest absolute Gasteiger partial charge is 0.356 e. The van der Waals surface area contributed by atoms with E-state index >= 15 is 0 Å². The van der Waals surface area contributed by atoms with Crippen molar-refractivity contribution in [2.24, 2.45) is 5.92 Å². The molecule has 0 bridgehead atoms. The van der Waals surface area contributed by atoms with Gasteiger partial charge in [-0.25, -0.2) is 4.39 Å². The number of halogens is 1. The van der Waals surface area contributed by atoms with Crippen molar-refractivity contribution >= 4 is 5.91 Å². The van der Waals surface area contributed by atoms with Crippen molar-refractivity contribution in [1.29, 1.82) is 0 Å². The van der Waals surface area contributed by atoms with Gasteiger partial charge in [0.2, 0.25) is 5.91 Å². The van der Waals surface area contributed by atoms with Gasteiger partial charge in [0.05, 0.1) is 6.54 Å². The fraction of sp³-hybridized carbons (Fsp3) is 0.500. The number of amides is 1. The Morgan fingerprint density at radius 3 is 2.72 bits per heavy atom. The molecule has 4 rings (SSSR count). The van der Waals surface area contributed by atoms with Gasteiger partial charge in [-0.05, 0) is 49.4 Å². The maximum absolute atomic E-state index is 13.1. The van der Waals surface area contributed by atoms with Gasteiger partial charge in [0.1, 0.15) is 11.5 Å². The molecule has 1 saturated carbocycles. The monoisotopic (exact) mass is 342 g/mol. The third-order valence-corrected chi connectivity index (χ3v) is 5.49. The minimum Gasteiger partial charge on any atom is -0.356 e. The molecule has 1 aromatic carbocycles. The average Bonchev–Trinajstić information content (AvgIpc) is 3.06. The number of carbonyl (C=O) groups is 1. The Morgan fingerprint density at radius 1 is 1.20 bits per heavy atom. The van der Waals surface area contributed by atoms with Gasteiger partial charge in [-0.3, -0.25) is 4.79 Å². The molecule has 0 N–H and O–H groups in total. The minimum atomic E-state index is -0.267. The lowest BCUT2D eigenvalue weighted by molar-refractivity contribution is -0.133. The third-order valence-electron chi connectivity index (χ3n) is 5.49. The van der Waals surface area contributed by atoms with E-state index in [1.165, 1.54) is 44.2 Å². The normalized spacial score (nSPS) is 18.2. The number of hydrogen-bond acceptors (Lipinski definition) is 3. The van der Waals surface area contributed by atoms with Gasteiger partial charge in [-0.15, -0.1) is 0 Å². The molecule has 1 amide bonds. The predicted molar refractivity (Wildman–Crippen MR) is 92.2 cm³/mol. The zero-order chi connectivity index (χ0) is 17.2. The van der Waals surface area contributed by atoms with Gasteiger partial charge in [-0.1, -0.05) is 24.4 Å². The van der Waals surface area contributed by atoms with Crippen LogP contribution < -0.4 is 0 Å². The first-order chi connectivity index (χ1) is 12.2. The summed E-state index contributed by atoms with van der Waals surface area (Å²) in [6, 6.07) is 6.26. The fourth-order valence-corrected chi connectivity index (χ4v) is 4.04. The van der Waals surface area contributed by atoms with E-state index in [1.807, 2.05) is 4.90 Å². The molecule has 0 saturated heterocycles. The van der Waals surface area contributed by atoms with Gasteiger partial charge in [0.15, 0.2) is 5.76 Å². The second-order valence-corrected chi connectivity index (χ2v) is 7.22. The molecular weight excluding hydrogens is 319 g/mol. The van der Waals surface area contributed by atoms with Crippen LogP contribution >= 0.6 is 0 Å². The summed E-state index contributed by atoms with van der Waals surface area (Å²) < 4.78 is 18.6. The third kappa shape index (κ3) is 3.46. The van der Waals surface area contributed by atoms with Crippen LogP contribution in [0.3, 0.4) is 0 Å². The van der Waals surface area contributed by atoms with Gasteiger partial charge in [-0.2, -0.15) is 0 Å². The molecule has 1 fully saturated rings. The van der Waals surface area contributed by atoms with Crippen LogP contribution in [0.5, 0.6) is 0 Å². The van der Waals surface area contributed by atoms with E-state index in [-0.39, 0.29) is 11.7 Å². The van der Waals surface area contributed by atoms with Crippen LogP contribution in [0.15, 0.2) is 28.8 Å². The van der Waals surface area contributed by atoms with Crippen LogP contribution in [0, 0.1) is 11.7 Å². The quantitative estimate of drug-likeness (QED) is 0.834. The van der Waals surface area contributed by atoms with Crippen LogP contribution in [-0.2, 0) is 17.8 Å². The van der Waals surface area contributed by atoms with E-state index in [9.17, 15) is 9.18 Å². The molecule has 2 heterocycles. The van der Waals surface area contributed by atoms with Crippen molar-refractivity contribution in [3.8, 4) is 11.3 Å². The number of rotatable bonds is 3. The summed E-state index contributed by atoms with van der Waals surface area (Å²) in [6.07, 6.45) is 7.59. The number of benzene rings is 1. The first kappa shape index (κ1) is 16.3. The van der Waals surface area contributed by atoms with Crippen molar-refractivity contribution in [3.63, 3.8) is 0 Å². The Morgan fingerprint density at radius 2 is 1.96 bits per heavy atom. The fourth-order valence-electron chi connectivity index (χ4n) is 4.04. The highest BCUT2D eigenvalue weighted by molar-refractivity contribution is 5.77. The van der Waals surface area contributed by atoms with E-state index in [4.69, 9.17) is 4.52 Å². The molecule has 0 radical (unpaired) electrons. The summed E-state index contributed by atoms with van der Waals surface area (Å²) in [5.41, 5.74) is 2.72. The van der Waals surface area contributed by atoms with Crippen LogP contribution in [0.2, 0.25) is 0 Å². The lowest BCUT2D eigenvalue weighted by atomic mass is 9.86. The second-order valence-electron chi connectivity index (χ2n) is 7.22. The molecule has 0 atom stereocenters. The van der Waals surface area contributed by atoms with Crippen molar-refractivity contribution < 1.29 is 13.7 Å². The molecular formula is C20H23FN2O2. The van der Waals surface area contributed by atoms with Crippen molar-refractivity contribution in [3.05, 3.63) is 41.3 Å². The van der Waals surface area contributed by atoms with Crippen LogP contribution in [0.4, 0.5) is 4.39 Å². The molecule has 2 aromatic rings. The van der Waals surface area contributed by atoms with Crippen molar-refractivity contribution in [2.45, 2.75) is 51.5 Å². The summed E-state index contributed by atoms with van der Waals surface area (Å²) in [6.45, 7) is 1.22. The summed E-state index contributed by atoms with van der Waals surface area (Å²) in [5.74, 6) is 1.23. The molecule has 25 heavy (non-hydrogen) atoms. The highest BCUT2D eigenvalue weighted by Crippen LogP contribution is 2.32. The SMILES string of the molecule is O=C(CC1CCCCC1)N1CCc2c(noc2-c2ccc(F)cc2)C1. The molecule has 4 nitrogen and oxygen atoms in total. The van der Waals surface area contributed by atoms with E-state index in [0.717, 1.165) is 23.2 Å². The molecule has 1 aliphatic heterocycles. The zero-order valence-electron chi connectivity index (χ0n) is 14.3. The molecule has 1 aromatic heterocycles. The Labute approximate surface area is 147 Å². The summed E-state index contributed by atoms with van der Waals surface area (Å²) in [5, 5.41) is 4.17. The van der Waals surface area contributed by atoms with E-state index in [2.05, 4.69) is 5.16 Å². The number of nitrogens with zero attached hydrogens (tertiary/aromatic N) is 2. The van der Waals surface area contributed by atoms with Crippen LogP contribution in [0.25, 0.3) is 11.3 Å². The number of hydrogen-bond donors (Lipinski definition) is 0. The summed E-state index contributed by atoms with van der Waals surface area (Å²) in [4.78, 5) is 14.5. The van der Waals surface area contributed by atoms with Crippen LogP contribution in [-0.4, -0.2) is 22.5 Å². The van der Waals surface area contributed by atoms with Gasteiger partial charge >= 0.3 is 0 Å². The first-order valence-corrected chi connectivity index (χ1v) is 9.22. The molecule has 2 aliphatic rings. The highest BCUT2D eigenvalue weighted by Gasteiger charge is 2.28. The van der Waals surface area contributed by atoms with Crippen molar-refractivity contribution in [1.82, 2.24) is 10.1 Å². The standard InChI is InChI=1S/C20H23FN2O2/c21-16-8-6-15(7-9-16)20-17-10-11-23(13-18(17)22-25-20)19(24)12-14-4-2-1-3-5-14/h6-9,14H,1-5,10-13H2. The van der Waals surface area contributed by atoms with Gasteiger partial charge < -0.3 is 9.42 Å².